The molecule has 0 bridgehead atoms. The van der Waals surface area contributed by atoms with Crippen LogP contribution in [0.25, 0.3) is 5.78 Å². The number of nitrogens with zero attached hydrogens (tertiary/aromatic N) is 4. The Bertz CT molecular complexity index is 950. The number of nitrogens with one attached hydrogen (secondary N) is 2. The Labute approximate surface area is 170 Å². The van der Waals surface area contributed by atoms with Gasteiger partial charge in [0.1, 0.15) is 6.33 Å². The zero-order chi connectivity index (χ0) is 20.4. The Balaban J connectivity index is 1.41. The van der Waals surface area contributed by atoms with Crippen LogP contribution in [0.5, 0.6) is 0 Å². The van der Waals surface area contributed by atoms with E-state index in [1.54, 1.807) is 4.52 Å². The fourth-order valence-electron chi connectivity index (χ4n) is 4.61. The molecule has 2 aliphatic rings. The summed E-state index contributed by atoms with van der Waals surface area (Å²) >= 11 is 0. The molecule has 0 aromatic carbocycles. The monoisotopic (exact) mass is 396 g/mol. The molecule has 2 amide bonds. The van der Waals surface area contributed by atoms with Crippen molar-refractivity contribution in [3.05, 3.63) is 35.4 Å². The molecule has 8 heteroatoms. The Morgan fingerprint density at radius 1 is 1.31 bits per heavy atom. The van der Waals surface area contributed by atoms with Gasteiger partial charge < -0.3 is 10.6 Å². The summed E-state index contributed by atoms with van der Waals surface area (Å²) < 4.78 is 1.71. The van der Waals surface area contributed by atoms with E-state index in [9.17, 15) is 9.59 Å². The number of aryl methyl sites for hydroxylation is 2. The average molecular weight is 396 g/mol. The summed E-state index contributed by atoms with van der Waals surface area (Å²) in [6.07, 6.45) is 11.1. The lowest BCUT2D eigenvalue weighted by atomic mass is 9.81. The molecule has 0 radical (unpaired) electrons. The van der Waals surface area contributed by atoms with E-state index in [0.29, 0.717) is 37.4 Å². The van der Waals surface area contributed by atoms with Crippen LogP contribution in [0.15, 0.2) is 18.5 Å². The van der Waals surface area contributed by atoms with Gasteiger partial charge in [-0.2, -0.15) is 10.1 Å². The quantitative estimate of drug-likeness (QED) is 0.751. The van der Waals surface area contributed by atoms with Crippen LogP contribution >= 0.6 is 0 Å². The highest BCUT2D eigenvalue weighted by Gasteiger charge is 2.35. The van der Waals surface area contributed by atoms with Gasteiger partial charge >= 0.3 is 0 Å². The maximum absolute atomic E-state index is 12.7. The van der Waals surface area contributed by atoms with Gasteiger partial charge in [0.15, 0.2) is 0 Å². The van der Waals surface area contributed by atoms with Crippen LogP contribution in [0, 0.1) is 19.8 Å². The molecule has 1 aliphatic heterocycles. The highest BCUT2D eigenvalue weighted by Crippen LogP contribution is 2.27. The molecule has 0 saturated carbocycles. The van der Waals surface area contributed by atoms with Gasteiger partial charge in [0.25, 0.3) is 5.78 Å². The predicted molar refractivity (Wildman–Crippen MR) is 108 cm³/mol. The highest BCUT2D eigenvalue weighted by atomic mass is 16.2. The number of hydrogen-bond acceptors (Lipinski definition) is 5. The van der Waals surface area contributed by atoms with Crippen molar-refractivity contribution >= 4 is 17.6 Å². The molecule has 1 saturated heterocycles. The Morgan fingerprint density at radius 3 is 2.97 bits per heavy atom. The first-order valence-electron chi connectivity index (χ1n) is 10.4. The molecule has 29 heavy (non-hydrogen) atoms. The van der Waals surface area contributed by atoms with Crippen LogP contribution < -0.4 is 10.6 Å². The van der Waals surface area contributed by atoms with E-state index in [2.05, 4.69) is 37.9 Å². The fraction of sp³-hybridized carbons (Fsp3) is 0.571. The number of fused-ring (bicyclic) bond motifs is 1. The molecule has 1 aliphatic carbocycles. The van der Waals surface area contributed by atoms with Crippen molar-refractivity contribution in [1.82, 2.24) is 30.2 Å². The van der Waals surface area contributed by atoms with Crippen molar-refractivity contribution in [2.24, 2.45) is 5.92 Å². The number of amides is 2. The minimum Gasteiger partial charge on any atom is -0.351 e. The largest absolute Gasteiger partial charge is 0.351 e. The zero-order valence-electron chi connectivity index (χ0n) is 17.0. The molecule has 8 nitrogen and oxygen atoms in total. The molecule has 0 spiro atoms. The summed E-state index contributed by atoms with van der Waals surface area (Å²) in [6, 6.07) is 0.0107. The molecule has 2 aromatic heterocycles. The third-order valence-corrected chi connectivity index (χ3v) is 6.20. The molecule has 4 rings (SSSR count). The number of piperidine rings is 1. The van der Waals surface area contributed by atoms with Crippen molar-refractivity contribution in [2.75, 3.05) is 0 Å². The Kier molecular flexibility index (Phi) is 5.60. The van der Waals surface area contributed by atoms with Crippen molar-refractivity contribution in [3.8, 4) is 0 Å². The van der Waals surface area contributed by atoms with E-state index in [1.165, 1.54) is 6.33 Å². The lowest BCUT2D eigenvalue weighted by molar-refractivity contribution is -0.127. The highest BCUT2D eigenvalue weighted by molar-refractivity contribution is 5.79. The molecular weight excluding hydrogens is 368 g/mol. The Hall–Kier alpha value is -2.77. The van der Waals surface area contributed by atoms with Gasteiger partial charge in [-0.1, -0.05) is 12.2 Å². The van der Waals surface area contributed by atoms with Crippen LogP contribution in [0.1, 0.15) is 55.5 Å². The lowest BCUT2D eigenvalue weighted by Gasteiger charge is -2.38. The number of carbonyl (C=O) groups excluding carboxylic acids is 2. The van der Waals surface area contributed by atoms with Gasteiger partial charge in [0.05, 0.1) is 6.04 Å². The van der Waals surface area contributed by atoms with Crippen LogP contribution in [0.4, 0.5) is 0 Å². The number of carbonyl (C=O) groups is 2. The lowest BCUT2D eigenvalue weighted by Crippen LogP contribution is -2.58. The van der Waals surface area contributed by atoms with E-state index in [4.69, 9.17) is 0 Å². The second kappa shape index (κ2) is 8.31. The first kappa shape index (κ1) is 19.5. The molecule has 1 fully saturated rings. The third-order valence-electron chi connectivity index (χ3n) is 6.20. The van der Waals surface area contributed by atoms with Crippen molar-refractivity contribution in [3.63, 3.8) is 0 Å². The van der Waals surface area contributed by atoms with Gasteiger partial charge in [0.2, 0.25) is 11.8 Å². The molecular formula is C21H28N6O2. The minimum atomic E-state index is -0.00480. The third kappa shape index (κ3) is 4.16. The van der Waals surface area contributed by atoms with Crippen molar-refractivity contribution in [2.45, 2.75) is 70.9 Å². The predicted octanol–water partition coefficient (Wildman–Crippen LogP) is 1.79. The maximum atomic E-state index is 12.7. The first-order valence-corrected chi connectivity index (χ1v) is 10.4. The SMILES string of the molecule is Cc1nc2ncnn2c(C)c1CCC(=O)N[C@@H]1CCC(=O)N[C@H]1C1CC=CCC1. The van der Waals surface area contributed by atoms with Gasteiger partial charge in [-0.05, 0) is 57.4 Å². The number of rotatable bonds is 5. The number of hydrogen-bond donors (Lipinski definition) is 2. The van der Waals surface area contributed by atoms with Gasteiger partial charge in [-0.15, -0.1) is 0 Å². The van der Waals surface area contributed by atoms with E-state index < -0.39 is 0 Å². The maximum Gasteiger partial charge on any atom is 0.252 e. The molecule has 3 atom stereocenters. The van der Waals surface area contributed by atoms with Gasteiger partial charge in [-0.3, -0.25) is 9.59 Å². The van der Waals surface area contributed by atoms with Gasteiger partial charge in [0, 0.05) is 30.3 Å². The van der Waals surface area contributed by atoms with Crippen LogP contribution in [-0.4, -0.2) is 43.5 Å². The molecule has 154 valence electrons. The van der Waals surface area contributed by atoms with Crippen LogP contribution in [0.2, 0.25) is 0 Å². The van der Waals surface area contributed by atoms with E-state index in [0.717, 1.165) is 36.2 Å². The zero-order valence-corrected chi connectivity index (χ0v) is 17.0. The normalized spacial score (nSPS) is 24.5. The van der Waals surface area contributed by atoms with E-state index in [-0.39, 0.29) is 23.9 Å². The van der Waals surface area contributed by atoms with E-state index in [1.807, 2.05) is 13.8 Å². The van der Waals surface area contributed by atoms with E-state index >= 15 is 0 Å². The Morgan fingerprint density at radius 2 is 2.17 bits per heavy atom. The minimum absolute atomic E-state index is 0.00480. The first-order chi connectivity index (χ1) is 14.0. The average Bonchev–Trinajstić information content (AvgIpc) is 3.18. The van der Waals surface area contributed by atoms with Crippen LogP contribution in [-0.2, 0) is 16.0 Å². The summed E-state index contributed by atoms with van der Waals surface area (Å²) in [5.41, 5.74) is 2.88. The molecule has 2 aromatic rings. The second-order valence-corrected chi connectivity index (χ2v) is 8.08. The molecule has 2 N–H and O–H groups in total. The summed E-state index contributed by atoms with van der Waals surface area (Å²) in [6.45, 7) is 3.92. The standard InChI is InChI=1S/C21H28N6O2/c1-13-16(14(2)27-21(24-13)22-12-23-27)8-10-18(28)25-17-9-11-19(29)26-20(17)15-6-4-3-5-7-15/h3-4,12,15,17,20H,5-11H2,1-2H3,(H,25,28)(H,26,29)/t15?,17-,20+/m1/s1. The summed E-state index contributed by atoms with van der Waals surface area (Å²) in [5.74, 6) is 1.07. The summed E-state index contributed by atoms with van der Waals surface area (Å²) in [7, 11) is 0. The van der Waals surface area contributed by atoms with Crippen molar-refractivity contribution < 1.29 is 9.59 Å². The number of allylic oxidation sites excluding steroid dienone is 2. The van der Waals surface area contributed by atoms with Crippen molar-refractivity contribution in [1.29, 1.82) is 0 Å². The van der Waals surface area contributed by atoms with Crippen LogP contribution in [0.3, 0.4) is 0 Å². The molecule has 1 unspecified atom stereocenters. The topological polar surface area (TPSA) is 101 Å². The van der Waals surface area contributed by atoms with Gasteiger partial charge in [-0.25, -0.2) is 9.50 Å². The molecule has 3 heterocycles. The second-order valence-electron chi connectivity index (χ2n) is 8.08. The smallest absolute Gasteiger partial charge is 0.252 e. The summed E-state index contributed by atoms with van der Waals surface area (Å²) in [4.78, 5) is 33.3. The fourth-order valence-corrected chi connectivity index (χ4v) is 4.61. The number of aromatic nitrogens is 4. The summed E-state index contributed by atoms with van der Waals surface area (Å²) in [5, 5.41) is 10.5.